The van der Waals surface area contributed by atoms with Crippen LogP contribution in [0.3, 0.4) is 0 Å². The SMILES string of the molecule is C[C@@]1(c2ccc(N)cc2)CCN(Cc2ccccc2)C1. The van der Waals surface area contributed by atoms with Gasteiger partial charge in [-0.1, -0.05) is 49.4 Å². The lowest BCUT2D eigenvalue weighted by Crippen LogP contribution is -2.28. The minimum atomic E-state index is 0.252. The molecule has 0 aliphatic carbocycles. The van der Waals surface area contributed by atoms with E-state index < -0.39 is 0 Å². The highest BCUT2D eigenvalue weighted by atomic mass is 15.2. The van der Waals surface area contributed by atoms with E-state index in [4.69, 9.17) is 5.73 Å². The Morgan fingerprint density at radius 1 is 1.05 bits per heavy atom. The first kappa shape index (κ1) is 13.2. The molecule has 1 heterocycles. The van der Waals surface area contributed by atoms with Crippen molar-refractivity contribution < 1.29 is 0 Å². The maximum absolute atomic E-state index is 5.79. The van der Waals surface area contributed by atoms with Gasteiger partial charge in [-0.2, -0.15) is 0 Å². The Bertz CT molecular complexity index is 562. The van der Waals surface area contributed by atoms with Crippen LogP contribution in [-0.4, -0.2) is 18.0 Å². The molecule has 0 amide bonds. The van der Waals surface area contributed by atoms with Crippen molar-refractivity contribution in [1.82, 2.24) is 4.90 Å². The van der Waals surface area contributed by atoms with Crippen molar-refractivity contribution in [1.29, 1.82) is 0 Å². The number of likely N-dealkylation sites (tertiary alicyclic amines) is 1. The second kappa shape index (κ2) is 5.29. The number of anilines is 1. The first-order valence-corrected chi connectivity index (χ1v) is 7.28. The van der Waals surface area contributed by atoms with Crippen LogP contribution in [0.4, 0.5) is 5.69 Å². The van der Waals surface area contributed by atoms with Crippen LogP contribution in [0.1, 0.15) is 24.5 Å². The number of nitrogens with two attached hydrogens (primary N) is 1. The van der Waals surface area contributed by atoms with Crippen LogP contribution in [0.15, 0.2) is 54.6 Å². The van der Waals surface area contributed by atoms with Gasteiger partial charge in [-0.15, -0.1) is 0 Å². The molecular weight excluding hydrogens is 244 g/mol. The van der Waals surface area contributed by atoms with Crippen molar-refractivity contribution in [2.45, 2.75) is 25.3 Å². The number of nitrogen functional groups attached to an aromatic ring is 1. The van der Waals surface area contributed by atoms with Crippen LogP contribution in [0.2, 0.25) is 0 Å². The third-order valence-electron chi connectivity index (χ3n) is 4.41. The zero-order valence-corrected chi connectivity index (χ0v) is 12.0. The summed E-state index contributed by atoms with van der Waals surface area (Å²) in [7, 11) is 0. The Morgan fingerprint density at radius 3 is 2.45 bits per heavy atom. The summed E-state index contributed by atoms with van der Waals surface area (Å²) < 4.78 is 0. The van der Waals surface area contributed by atoms with E-state index in [-0.39, 0.29) is 5.41 Å². The van der Waals surface area contributed by atoms with Crippen molar-refractivity contribution >= 4 is 5.69 Å². The highest BCUT2D eigenvalue weighted by molar-refractivity contribution is 5.42. The molecule has 1 fully saturated rings. The van der Waals surface area contributed by atoms with Crippen molar-refractivity contribution in [3.05, 3.63) is 65.7 Å². The van der Waals surface area contributed by atoms with E-state index in [0.717, 1.165) is 25.3 Å². The fraction of sp³-hybridized carbons (Fsp3) is 0.333. The normalized spacial score (nSPS) is 23.1. The van der Waals surface area contributed by atoms with Crippen molar-refractivity contribution in [3.8, 4) is 0 Å². The topological polar surface area (TPSA) is 29.3 Å². The van der Waals surface area contributed by atoms with Gasteiger partial charge in [-0.3, -0.25) is 4.90 Å². The Kier molecular flexibility index (Phi) is 3.49. The van der Waals surface area contributed by atoms with E-state index in [1.165, 1.54) is 17.5 Å². The highest BCUT2D eigenvalue weighted by Gasteiger charge is 2.34. The first-order valence-electron chi connectivity index (χ1n) is 7.28. The molecule has 0 spiro atoms. The molecule has 20 heavy (non-hydrogen) atoms. The number of nitrogens with zero attached hydrogens (tertiary/aromatic N) is 1. The van der Waals surface area contributed by atoms with E-state index in [0.29, 0.717) is 0 Å². The zero-order chi connectivity index (χ0) is 14.0. The predicted octanol–water partition coefficient (Wildman–Crippen LogP) is 3.43. The average Bonchev–Trinajstić information content (AvgIpc) is 2.83. The Labute approximate surface area is 121 Å². The fourth-order valence-corrected chi connectivity index (χ4v) is 3.15. The average molecular weight is 266 g/mol. The van der Waals surface area contributed by atoms with Gasteiger partial charge in [0.2, 0.25) is 0 Å². The summed E-state index contributed by atoms with van der Waals surface area (Å²) in [5.41, 5.74) is 9.69. The molecule has 104 valence electrons. The summed E-state index contributed by atoms with van der Waals surface area (Å²) in [4.78, 5) is 2.55. The Balaban J connectivity index is 1.71. The number of hydrogen-bond acceptors (Lipinski definition) is 2. The van der Waals surface area contributed by atoms with Crippen molar-refractivity contribution in [3.63, 3.8) is 0 Å². The molecule has 2 nitrogen and oxygen atoms in total. The van der Waals surface area contributed by atoms with Gasteiger partial charge >= 0.3 is 0 Å². The van der Waals surface area contributed by atoms with Gasteiger partial charge in [0.25, 0.3) is 0 Å². The molecule has 0 aromatic heterocycles. The minimum absolute atomic E-state index is 0.252. The van der Waals surface area contributed by atoms with Crippen LogP contribution in [0.5, 0.6) is 0 Å². The summed E-state index contributed by atoms with van der Waals surface area (Å²) in [6, 6.07) is 19.1. The van der Waals surface area contributed by atoms with Crippen LogP contribution < -0.4 is 5.73 Å². The van der Waals surface area contributed by atoms with Gasteiger partial charge in [0.15, 0.2) is 0 Å². The molecule has 0 saturated carbocycles. The standard InChI is InChI=1S/C18H22N2/c1-18(16-7-9-17(19)10-8-16)11-12-20(14-18)13-15-5-3-2-4-6-15/h2-10H,11-14,19H2,1H3/t18-/m1/s1. The van der Waals surface area contributed by atoms with Crippen LogP contribution in [0, 0.1) is 0 Å². The van der Waals surface area contributed by atoms with Crippen molar-refractivity contribution in [2.75, 3.05) is 18.8 Å². The zero-order valence-electron chi connectivity index (χ0n) is 12.0. The number of hydrogen-bond donors (Lipinski definition) is 1. The predicted molar refractivity (Wildman–Crippen MR) is 84.5 cm³/mol. The largest absolute Gasteiger partial charge is 0.399 e. The molecule has 0 radical (unpaired) electrons. The van der Waals surface area contributed by atoms with Gasteiger partial charge in [-0.05, 0) is 36.2 Å². The van der Waals surface area contributed by atoms with E-state index in [1.54, 1.807) is 0 Å². The molecule has 1 aliphatic heterocycles. The summed E-state index contributed by atoms with van der Waals surface area (Å²) in [5, 5.41) is 0. The van der Waals surface area contributed by atoms with Crippen LogP contribution in [0.25, 0.3) is 0 Å². The Hall–Kier alpha value is -1.80. The van der Waals surface area contributed by atoms with E-state index in [2.05, 4.69) is 54.3 Å². The number of benzene rings is 2. The van der Waals surface area contributed by atoms with E-state index in [1.807, 2.05) is 12.1 Å². The molecule has 1 aliphatic rings. The summed E-state index contributed by atoms with van der Waals surface area (Å²) in [5.74, 6) is 0. The maximum atomic E-state index is 5.79. The highest BCUT2D eigenvalue weighted by Crippen LogP contribution is 2.35. The molecule has 2 aromatic carbocycles. The molecule has 3 rings (SSSR count). The van der Waals surface area contributed by atoms with Crippen molar-refractivity contribution in [2.24, 2.45) is 0 Å². The van der Waals surface area contributed by atoms with Gasteiger partial charge in [-0.25, -0.2) is 0 Å². The number of rotatable bonds is 3. The smallest absolute Gasteiger partial charge is 0.0314 e. The monoisotopic (exact) mass is 266 g/mol. The lowest BCUT2D eigenvalue weighted by atomic mass is 9.82. The quantitative estimate of drug-likeness (QED) is 0.862. The molecule has 1 atom stereocenters. The second-order valence-corrected chi connectivity index (χ2v) is 6.13. The molecule has 2 aromatic rings. The molecule has 2 heteroatoms. The molecule has 0 unspecified atom stereocenters. The van der Waals surface area contributed by atoms with Crippen LogP contribution >= 0.6 is 0 Å². The summed E-state index contributed by atoms with van der Waals surface area (Å²) in [6.45, 7) is 5.69. The summed E-state index contributed by atoms with van der Waals surface area (Å²) >= 11 is 0. The summed E-state index contributed by atoms with van der Waals surface area (Å²) in [6.07, 6.45) is 1.21. The third-order valence-corrected chi connectivity index (χ3v) is 4.41. The molecule has 1 saturated heterocycles. The third kappa shape index (κ3) is 2.70. The van der Waals surface area contributed by atoms with E-state index in [9.17, 15) is 0 Å². The minimum Gasteiger partial charge on any atom is -0.399 e. The lowest BCUT2D eigenvalue weighted by Gasteiger charge is -2.25. The first-order chi connectivity index (χ1) is 9.66. The lowest BCUT2D eigenvalue weighted by molar-refractivity contribution is 0.309. The fourth-order valence-electron chi connectivity index (χ4n) is 3.15. The van der Waals surface area contributed by atoms with Gasteiger partial charge in [0, 0.05) is 24.2 Å². The van der Waals surface area contributed by atoms with Gasteiger partial charge in [0.1, 0.15) is 0 Å². The molecule has 2 N–H and O–H groups in total. The van der Waals surface area contributed by atoms with Gasteiger partial charge < -0.3 is 5.73 Å². The second-order valence-electron chi connectivity index (χ2n) is 6.13. The molecular formula is C18H22N2. The van der Waals surface area contributed by atoms with Crippen LogP contribution in [-0.2, 0) is 12.0 Å². The van der Waals surface area contributed by atoms with E-state index >= 15 is 0 Å². The maximum Gasteiger partial charge on any atom is 0.0314 e. The Morgan fingerprint density at radius 2 is 1.75 bits per heavy atom. The molecule has 0 bridgehead atoms. The van der Waals surface area contributed by atoms with Gasteiger partial charge in [0.05, 0.1) is 0 Å².